The fourth-order valence-electron chi connectivity index (χ4n) is 2.21. The maximum Gasteiger partial charge on any atom is 0.341 e. The van der Waals surface area contributed by atoms with Crippen LogP contribution in [0.2, 0.25) is 5.02 Å². The van der Waals surface area contributed by atoms with E-state index in [2.05, 4.69) is 5.32 Å². The van der Waals surface area contributed by atoms with Crippen LogP contribution in [0.3, 0.4) is 0 Å². The van der Waals surface area contributed by atoms with Crippen LogP contribution in [0.4, 0.5) is 5.00 Å². The zero-order valence-electron chi connectivity index (χ0n) is 14.6. The van der Waals surface area contributed by atoms with E-state index in [-0.39, 0.29) is 12.2 Å². The summed E-state index contributed by atoms with van der Waals surface area (Å²) in [5.74, 6) is -1.08. The summed E-state index contributed by atoms with van der Waals surface area (Å²) in [5, 5.41) is 12.9. The van der Waals surface area contributed by atoms with Crippen molar-refractivity contribution in [2.75, 3.05) is 11.9 Å². The van der Waals surface area contributed by atoms with Crippen LogP contribution in [0.1, 0.15) is 33.3 Å². The number of nitrogens with one attached hydrogen (secondary N) is 1. The summed E-state index contributed by atoms with van der Waals surface area (Å²) in [6.45, 7) is 5.60. The second-order valence-electron chi connectivity index (χ2n) is 5.38. The number of amides is 1. The van der Waals surface area contributed by atoms with E-state index in [1.807, 2.05) is 13.0 Å². The molecule has 0 aliphatic rings. The van der Waals surface area contributed by atoms with Crippen LogP contribution in [0.25, 0.3) is 6.08 Å². The van der Waals surface area contributed by atoms with E-state index in [4.69, 9.17) is 16.3 Å². The summed E-state index contributed by atoms with van der Waals surface area (Å²) in [4.78, 5) is 25.6. The lowest BCUT2D eigenvalue weighted by atomic mass is 10.1. The molecule has 1 amide bonds. The van der Waals surface area contributed by atoms with E-state index < -0.39 is 11.9 Å². The van der Waals surface area contributed by atoms with Gasteiger partial charge in [-0.25, -0.2) is 4.79 Å². The van der Waals surface area contributed by atoms with E-state index in [0.717, 1.165) is 10.4 Å². The van der Waals surface area contributed by atoms with Crippen molar-refractivity contribution in [3.8, 4) is 6.07 Å². The number of carbonyl (C=O) groups is 2. The van der Waals surface area contributed by atoms with Crippen LogP contribution in [0.15, 0.2) is 29.8 Å². The highest BCUT2D eigenvalue weighted by atomic mass is 35.5. The average molecular weight is 389 g/mol. The molecule has 0 aliphatic carbocycles. The highest BCUT2D eigenvalue weighted by Crippen LogP contribution is 2.33. The lowest BCUT2D eigenvalue weighted by molar-refractivity contribution is -0.112. The number of rotatable bonds is 5. The molecule has 2 aromatic rings. The Bertz CT molecular complexity index is 908. The number of nitrogens with zero attached hydrogens (tertiary/aromatic N) is 1. The maximum atomic E-state index is 12.5. The molecule has 0 radical (unpaired) electrons. The normalized spacial score (nSPS) is 11.0. The summed E-state index contributed by atoms with van der Waals surface area (Å²) in [5.41, 5.74) is 1.67. The number of anilines is 1. The second-order valence-corrected chi connectivity index (χ2v) is 7.04. The molecule has 0 bridgehead atoms. The third-order valence-electron chi connectivity index (χ3n) is 3.64. The summed E-state index contributed by atoms with van der Waals surface area (Å²) in [6.07, 6.45) is 1.46. The fourth-order valence-corrected chi connectivity index (χ4v) is 3.38. The van der Waals surface area contributed by atoms with Gasteiger partial charge in [-0.2, -0.15) is 5.26 Å². The number of aryl methyl sites for hydroxylation is 1. The van der Waals surface area contributed by atoms with Crippen molar-refractivity contribution in [3.05, 3.63) is 56.4 Å². The molecule has 0 atom stereocenters. The molecule has 0 saturated carbocycles. The third kappa shape index (κ3) is 4.51. The SMILES string of the molecule is CCOC(=O)c1c(NC(=O)C(C#N)=Cc2ccc(Cl)cc2)sc(C)c1C. The quantitative estimate of drug-likeness (QED) is 0.455. The minimum Gasteiger partial charge on any atom is -0.462 e. The van der Waals surface area contributed by atoms with Gasteiger partial charge in [0.15, 0.2) is 0 Å². The minimum absolute atomic E-state index is 0.0779. The van der Waals surface area contributed by atoms with Gasteiger partial charge in [0.25, 0.3) is 5.91 Å². The Hall–Kier alpha value is -2.62. The smallest absolute Gasteiger partial charge is 0.341 e. The topological polar surface area (TPSA) is 79.2 Å². The number of ether oxygens (including phenoxy) is 1. The number of thiophene rings is 1. The predicted octanol–water partition coefficient (Wildman–Crippen LogP) is 4.74. The van der Waals surface area contributed by atoms with Crippen molar-refractivity contribution in [2.45, 2.75) is 20.8 Å². The molecule has 0 unspecified atom stereocenters. The number of carbonyl (C=O) groups excluding carboxylic acids is 2. The number of hydrogen-bond acceptors (Lipinski definition) is 5. The van der Waals surface area contributed by atoms with Crippen LogP contribution in [-0.4, -0.2) is 18.5 Å². The third-order valence-corrected chi connectivity index (χ3v) is 5.01. The Labute approximate surface area is 160 Å². The molecule has 1 heterocycles. The van der Waals surface area contributed by atoms with Gasteiger partial charge in [0, 0.05) is 9.90 Å². The number of benzene rings is 1. The lowest BCUT2D eigenvalue weighted by Crippen LogP contribution is -2.16. The molecule has 134 valence electrons. The summed E-state index contributed by atoms with van der Waals surface area (Å²) < 4.78 is 5.06. The fraction of sp³-hybridized carbons (Fsp3) is 0.211. The molecule has 1 aromatic carbocycles. The molecule has 26 heavy (non-hydrogen) atoms. The van der Waals surface area contributed by atoms with E-state index in [1.165, 1.54) is 17.4 Å². The van der Waals surface area contributed by atoms with E-state index in [9.17, 15) is 14.9 Å². The largest absolute Gasteiger partial charge is 0.462 e. The van der Waals surface area contributed by atoms with Crippen LogP contribution in [0, 0.1) is 25.2 Å². The zero-order chi connectivity index (χ0) is 19.3. The van der Waals surface area contributed by atoms with E-state index in [1.54, 1.807) is 38.1 Å². The highest BCUT2D eigenvalue weighted by molar-refractivity contribution is 7.16. The summed E-state index contributed by atoms with van der Waals surface area (Å²) in [7, 11) is 0. The van der Waals surface area contributed by atoms with Gasteiger partial charge in [-0.15, -0.1) is 11.3 Å². The summed E-state index contributed by atoms with van der Waals surface area (Å²) >= 11 is 7.11. The maximum absolute atomic E-state index is 12.5. The first kappa shape index (κ1) is 19.7. The number of esters is 1. The van der Waals surface area contributed by atoms with Crippen molar-refractivity contribution in [1.82, 2.24) is 0 Å². The van der Waals surface area contributed by atoms with Crippen molar-refractivity contribution >= 4 is 45.9 Å². The first-order valence-electron chi connectivity index (χ1n) is 7.83. The lowest BCUT2D eigenvalue weighted by Gasteiger charge is -2.07. The minimum atomic E-state index is -0.589. The van der Waals surface area contributed by atoms with Gasteiger partial charge in [0.2, 0.25) is 0 Å². The number of nitriles is 1. The van der Waals surface area contributed by atoms with Gasteiger partial charge >= 0.3 is 5.97 Å². The van der Waals surface area contributed by atoms with Crippen LogP contribution in [0.5, 0.6) is 0 Å². The molecule has 0 aliphatic heterocycles. The van der Waals surface area contributed by atoms with Gasteiger partial charge in [-0.3, -0.25) is 4.79 Å². The molecule has 0 spiro atoms. The number of hydrogen-bond donors (Lipinski definition) is 1. The van der Waals surface area contributed by atoms with E-state index >= 15 is 0 Å². The molecule has 2 rings (SSSR count). The van der Waals surface area contributed by atoms with Gasteiger partial charge in [-0.1, -0.05) is 23.7 Å². The molecule has 0 fully saturated rings. The summed E-state index contributed by atoms with van der Waals surface area (Å²) in [6, 6.07) is 8.64. The second kappa shape index (κ2) is 8.65. The van der Waals surface area contributed by atoms with Crippen LogP contribution in [-0.2, 0) is 9.53 Å². The molecule has 0 saturated heterocycles. The highest BCUT2D eigenvalue weighted by Gasteiger charge is 2.23. The molecule has 1 N–H and O–H groups in total. The van der Waals surface area contributed by atoms with Crippen LogP contribution < -0.4 is 5.32 Å². The zero-order valence-corrected chi connectivity index (χ0v) is 16.1. The Kier molecular flexibility index (Phi) is 6.56. The molecule has 1 aromatic heterocycles. The first-order chi connectivity index (χ1) is 12.4. The van der Waals surface area contributed by atoms with Gasteiger partial charge in [0.1, 0.15) is 16.6 Å². The Morgan fingerprint density at radius 2 is 1.96 bits per heavy atom. The van der Waals surface area contributed by atoms with Crippen molar-refractivity contribution < 1.29 is 14.3 Å². The number of halogens is 1. The molecule has 7 heteroatoms. The standard InChI is InChI=1S/C19H17ClN2O3S/c1-4-25-19(24)16-11(2)12(3)26-18(16)22-17(23)14(10-21)9-13-5-7-15(20)8-6-13/h5-9H,4H2,1-3H3,(H,22,23). The molecular formula is C19H17ClN2O3S. The van der Waals surface area contributed by atoms with Crippen molar-refractivity contribution in [1.29, 1.82) is 5.26 Å². The predicted molar refractivity (Wildman–Crippen MR) is 103 cm³/mol. The van der Waals surface area contributed by atoms with E-state index in [0.29, 0.717) is 21.2 Å². The van der Waals surface area contributed by atoms with Gasteiger partial charge < -0.3 is 10.1 Å². The van der Waals surface area contributed by atoms with Gasteiger partial charge in [-0.05, 0) is 50.1 Å². The van der Waals surface area contributed by atoms with Crippen molar-refractivity contribution in [2.24, 2.45) is 0 Å². The van der Waals surface area contributed by atoms with Crippen molar-refractivity contribution in [3.63, 3.8) is 0 Å². The molecular weight excluding hydrogens is 372 g/mol. The Morgan fingerprint density at radius 1 is 1.31 bits per heavy atom. The first-order valence-corrected chi connectivity index (χ1v) is 9.02. The molecule has 5 nitrogen and oxygen atoms in total. The monoisotopic (exact) mass is 388 g/mol. The van der Waals surface area contributed by atoms with Crippen LogP contribution >= 0.6 is 22.9 Å². The average Bonchev–Trinajstić information content (AvgIpc) is 2.88. The Balaban J connectivity index is 2.31. The Morgan fingerprint density at radius 3 is 2.54 bits per heavy atom. The van der Waals surface area contributed by atoms with Gasteiger partial charge in [0.05, 0.1) is 12.2 Å².